The monoisotopic (exact) mass is 355 g/mol. The molecule has 2 heterocycles. The maximum atomic E-state index is 11.8. The SMILES string of the molecule is O=S1OC2CCCC(N3c4ccccc4CCc4ccccc43)C2O1. The lowest BCUT2D eigenvalue weighted by Crippen LogP contribution is -2.48. The Bertz CT molecular complexity index is 777. The molecule has 2 aliphatic heterocycles. The molecule has 3 aliphatic rings. The lowest BCUT2D eigenvalue weighted by atomic mass is 9.88. The number of fused-ring (bicyclic) bond motifs is 3. The third-order valence-electron chi connectivity index (χ3n) is 5.62. The smallest absolute Gasteiger partial charge is 0.305 e. The molecule has 1 aliphatic carbocycles. The minimum Gasteiger partial charge on any atom is -0.335 e. The van der Waals surface area contributed by atoms with Crippen LogP contribution in [-0.2, 0) is 32.6 Å². The van der Waals surface area contributed by atoms with E-state index in [2.05, 4.69) is 53.4 Å². The van der Waals surface area contributed by atoms with E-state index in [1.807, 2.05) is 0 Å². The van der Waals surface area contributed by atoms with Gasteiger partial charge in [0.2, 0.25) is 0 Å². The van der Waals surface area contributed by atoms with Crippen molar-refractivity contribution in [2.45, 2.75) is 50.4 Å². The fraction of sp³-hybridized carbons (Fsp3) is 0.400. The Morgan fingerprint density at radius 2 is 1.52 bits per heavy atom. The van der Waals surface area contributed by atoms with Crippen LogP contribution in [0.3, 0.4) is 0 Å². The van der Waals surface area contributed by atoms with Gasteiger partial charge in [-0.2, -0.15) is 4.21 Å². The lowest BCUT2D eigenvalue weighted by molar-refractivity contribution is 0.0920. The van der Waals surface area contributed by atoms with Crippen molar-refractivity contribution < 1.29 is 12.6 Å². The summed E-state index contributed by atoms with van der Waals surface area (Å²) in [5, 5.41) is 0. The summed E-state index contributed by atoms with van der Waals surface area (Å²) in [6, 6.07) is 17.4. The van der Waals surface area contributed by atoms with E-state index in [0.29, 0.717) is 0 Å². The topological polar surface area (TPSA) is 38.8 Å². The highest BCUT2D eigenvalue weighted by Gasteiger charge is 2.46. The van der Waals surface area contributed by atoms with Crippen molar-refractivity contribution in [1.82, 2.24) is 0 Å². The van der Waals surface area contributed by atoms with Gasteiger partial charge < -0.3 is 4.90 Å². The number of hydrogen-bond donors (Lipinski definition) is 0. The molecule has 1 saturated carbocycles. The Labute approximate surface area is 150 Å². The molecule has 2 aromatic carbocycles. The molecule has 0 amide bonds. The molecule has 2 aromatic rings. The summed E-state index contributed by atoms with van der Waals surface area (Å²) < 4.78 is 23.1. The van der Waals surface area contributed by atoms with Gasteiger partial charge in [0.1, 0.15) is 12.2 Å². The molecule has 5 heteroatoms. The van der Waals surface area contributed by atoms with Gasteiger partial charge >= 0.3 is 11.4 Å². The van der Waals surface area contributed by atoms with Crippen LogP contribution in [0.4, 0.5) is 11.4 Å². The molecular formula is C20H21NO3S. The van der Waals surface area contributed by atoms with Gasteiger partial charge in [-0.1, -0.05) is 36.4 Å². The summed E-state index contributed by atoms with van der Waals surface area (Å²) in [4.78, 5) is 2.43. The number of rotatable bonds is 1. The average molecular weight is 355 g/mol. The summed E-state index contributed by atoms with van der Waals surface area (Å²) in [7, 11) is 0. The molecule has 0 radical (unpaired) electrons. The molecule has 0 spiro atoms. The zero-order chi connectivity index (χ0) is 16.8. The summed E-state index contributed by atoms with van der Waals surface area (Å²) in [5.41, 5.74) is 5.22. The van der Waals surface area contributed by atoms with Gasteiger partial charge in [0.05, 0.1) is 6.04 Å². The largest absolute Gasteiger partial charge is 0.335 e. The number of para-hydroxylation sites is 2. The Balaban J connectivity index is 1.65. The number of anilines is 2. The number of benzene rings is 2. The third kappa shape index (κ3) is 2.62. The summed E-state index contributed by atoms with van der Waals surface area (Å²) >= 11 is -1.61. The first-order chi connectivity index (χ1) is 12.3. The fourth-order valence-electron chi connectivity index (χ4n) is 4.49. The van der Waals surface area contributed by atoms with Crippen molar-refractivity contribution >= 4 is 22.7 Å². The Hall–Kier alpha value is -1.69. The molecule has 0 bridgehead atoms. The third-order valence-corrected chi connectivity index (χ3v) is 6.41. The van der Waals surface area contributed by atoms with Gasteiger partial charge in [0.15, 0.2) is 0 Å². The standard InChI is InChI=1S/C20H21NO3S/c22-25-23-19-11-5-10-18(20(19)24-25)21-16-8-3-1-6-14(16)12-13-15-7-2-4-9-17(15)21/h1-4,6-9,18-20H,5,10-13H2. The Kier molecular flexibility index (Phi) is 3.88. The molecule has 130 valence electrons. The van der Waals surface area contributed by atoms with E-state index >= 15 is 0 Å². The van der Waals surface area contributed by atoms with Crippen LogP contribution in [-0.4, -0.2) is 22.5 Å². The predicted molar refractivity (Wildman–Crippen MR) is 98.0 cm³/mol. The van der Waals surface area contributed by atoms with E-state index < -0.39 is 11.4 Å². The maximum absolute atomic E-state index is 11.8. The van der Waals surface area contributed by atoms with Gasteiger partial charge in [-0.15, -0.1) is 0 Å². The van der Waals surface area contributed by atoms with E-state index in [9.17, 15) is 4.21 Å². The Morgan fingerprint density at radius 3 is 2.20 bits per heavy atom. The predicted octanol–water partition coefficient (Wildman–Crippen LogP) is 3.84. The van der Waals surface area contributed by atoms with E-state index in [4.69, 9.17) is 8.37 Å². The van der Waals surface area contributed by atoms with Gasteiger partial charge in [-0.05, 0) is 55.4 Å². The summed E-state index contributed by atoms with van der Waals surface area (Å²) in [6.07, 6.45) is 4.86. The van der Waals surface area contributed by atoms with Crippen LogP contribution in [0.15, 0.2) is 48.5 Å². The first-order valence-corrected chi connectivity index (χ1v) is 10.0. The minimum atomic E-state index is -1.61. The van der Waals surface area contributed by atoms with Gasteiger partial charge in [-0.25, -0.2) is 0 Å². The lowest BCUT2D eigenvalue weighted by Gasteiger charge is -2.41. The van der Waals surface area contributed by atoms with Crippen LogP contribution in [0.5, 0.6) is 0 Å². The Morgan fingerprint density at radius 1 is 0.880 bits per heavy atom. The first-order valence-electron chi connectivity index (χ1n) is 9.02. The molecule has 5 rings (SSSR count). The van der Waals surface area contributed by atoms with Crippen molar-refractivity contribution in [3.8, 4) is 0 Å². The second-order valence-corrected chi connectivity index (χ2v) is 7.82. The molecule has 0 aromatic heterocycles. The van der Waals surface area contributed by atoms with Crippen LogP contribution in [0.2, 0.25) is 0 Å². The first kappa shape index (κ1) is 15.6. The van der Waals surface area contributed by atoms with Crippen molar-refractivity contribution in [3.05, 3.63) is 59.7 Å². The van der Waals surface area contributed by atoms with Gasteiger partial charge in [0.25, 0.3) is 0 Å². The van der Waals surface area contributed by atoms with Crippen LogP contribution in [0.25, 0.3) is 0 Å². The van der Waals surface area contributed by atoms with Crippen LogP contribution < -0.4 is 4.90 Å². The van der Waals surface area contributed by atoms with Crippen molar-refractivity contribution in [3.63, 3.8) is 0 Å². The highest BCUT2D eigenvalue weighted by Crippen LogP contribution is 2.43. The second-order valence-electron chi connectivity index (χ2n) is 7.03. The zero-order valence-corrected chi connectivity index (χ0v) is 14.8. The van der Waals surface area contributed by atoms with E-state index in [-0.39, 0.29) is 18.2 Å². The molecule has 4 unspecified atom stereocenters. The summed E-state index contributed by atoms with van der Waals surface area (Å²) in [6.45, 7) is 0. The highest BCUT2D eigenvalue weighted by atomic mass is 32.2. The van der Waals surface area contributed by atoms with E-state index in [1.54, 1.807) is 0 Å². The zero-order valence-electron chi connectivity index (χ0n) is 14.0. The van der Waals surface area contributed by atoms with Gasteiger partial charge in [-0.3, -0.25) is 8.37 Å². The van der Waals surface area contributed by atoms with E-state index in [0.717, 1.165) is 32.1 Å². The number of hydrogen-bond acceptors (Lipinski definition) is 4. The quantitative estimate of drug-likeness (QED) is 0.779. The molecule has 2 fully saturated rings. The van der Waals surface area contributed by atoms with Crippen molar-refractivity contribution in [1.29, 1.82) is 0 Å². The minimum absolute atomic E-state index is 0.0674. The molecule has 1 saturated heterocycles. The molecule has 25 heavy (non-hydrogen) atoms. The van der Waals surface area contributed by atoms with Crippen molar-refractivity contribution in [2.24, 2.45) is 0 Å². The molecule has 4 atom stereocenters. The highest BCUT2D eigenvalue weighted by molar-refractivity contribution is 7.75. The van der Waals surface area contributed by atoms with Crippen LogP contribution in [0, 0.1) is 0 Å². The summed E-state index contributed by atoms with van der Waals surface area (Å²) in [5.74, 6) is 0. The van der Waals surface area contributed by atoms with E-state index in [1.165, 1.54) is 22.5 Å². The number of nitrogens with zero attached hydrogens (tertiary/aromatic N) is 1. The molecular weight excluding hydrogens is 334 g/mol. The fourth-order valence-corrected chi connectivity index (χ4v) is 5.38. The molecule has 0 N–H and O–H groups in total. The average Bonchev–Trinajstić information content (AvgIpc) is 2.94. The maximum Gasteiger partial charge on any atom is 0.305 e. The molecule has 4 nitrogen and oxygen atoms in total. The normalized spacial score (nSPS) is 31.0. The van der Waals surface area contributed by atoms with Crippen molar-refractivity contribution in [2.75, 3.05) is 4.90 Å². The van der Waals surface area contributed by atoms with Crippen LogP contribution >= 0.6 is 0 Å². The van der Waals surface area contributed by atoms with Crippen LogP contribution in [0.1, 0.15) is 30.4 Å². The van der Waals surface area contributed by atoms with Gasteiger partial charge in [0, 0.05) is 11.4 Å². The second kappa shape index (κ2) is 6.24. The number of aryl methyl sites for hydroxylation is 2.